The first-order valence-corrected chi connectivity index (χ1v) is 7.70. The van der Waals surface area contributed by atoms with Crippen LogP contribution in [0.4, 0.5) is 13.2 Å². The lowest BCUT2D eigenvalue weighted by atomic mass is 10.1. The van der Waals surface area contributed by atoms with Gasteiger partial charge in [0.15, 0.2) is 0 Å². The van der Waals surface area contributed by atoms with Gasteiger partial charge in [0.1, 0.15) is 0 Å². The molecule has 0 bridgehead atoms. The minimum Gasteiger partial charge on any atom is -0.371 e. The molecule has 3 rings (SSSR count). The van der Waals surface area contributed by atoms with Gasteiger partial charge in [0.2, 0.25) is 0 Å². The lowest BCUT2D eigenvalue weighted by Gasteiger charge is -2.33. The summed E-state index contributed by atoms with van der Waals surface area (Å²) in [5.74, 6) is 0. The molecule has 0 aliphatic carbocycles. The minimum absolute atomic E-state index is 0.237. The Morgan fingerprint density at radius 3 is 2.54 bits per heavy atom. The van der Waals surface area contributed by atoms with E-state index in [0.717, 1.165) is 35.6 Å². The summed E-state index contributed by atoms with van der Waals surface area (Å²) in [7, 11) is 0. The van der Waals surface area contributed by atoms with Gasteiger partial charge in [-0.25, -0.2) is 0 Å². The monoisotopic (exact) mass is 337 g/mol. The van der Waals surface area contributed by atoms with E-state index in [1.165, 1.54) is 12.1 Å². The van der Waals surface area contributed by atoms with Crippen LogP contribution in [0.3, 0.4) is 0 Å². The molecule has 1 atom stereocenters. The first-order chi connectivity index (χ1) is 11.4. The van der Waals surface area contributed by atoms with Crippen LogP contribution in [0.2, 0.25) is 0 Å². The lowest BCUT2D eigenvalue weighted by molar-refractivity contribution is -0.137. The number of hydrogen-bond donors (Lipinski definition) is 0. The zero-order chi connectivity index (χ0) is 17.2. The Bertz CT molecular complexity index is 671. The Morgan fingerprint density at radius 1 is 1.17 bits per heavy atom. The maximum absolute atomic E-state index is 12.6. The molecule has 128 valence electrons. The molecule has 0 N–H and O–H groups in total. The van der Waals surface area contributed by atoms with Crippen molar-refractivity contribution >= 4 is 0 Å². The zero-order valence-electron chi connectivity index (χ0n) is 13.3. The molecular weight excluding hydrogens is 319 g/mol. The number of aromatic nitrogens is 2. The van der Waals surface area contributed by atoms with E-state index >= 15 is 0 Å². The Morgan fingerprint density at radius 2 is 1.92 bits per heavy atom. The van der Waals surface area contributed by atoms with E-state index in [0.29, 0.717) is 19.7 Å². The summed E-state index contributed by atoms with van der Waals surface area (Å²) < 4.78 is 43.6. The summed E-state index contributed by atoms with van der Waals surface area (Å²) in [6.45, 7) is 4.43. The second-order valence-electron chi connectivity index (χ2n) is 5.86. The van der Waals surface area contributed by atoms with E-state index in [9.17, 15) is 13.2 Å². The van der Waals surface area contributed by atoms with E-state index in [2.05, 4.69) is 14.9 Å². The van der Waals surface area contributed by atoms with Crippen LogP contribution in [0, 0.1) is 6.92 Å². The van der Waals surface area contributed by atoms with E-state index in [4.69, 9.17) is 4.74 Å². The number of rotatable bonds is 3. The van der Waals surface area contributed by atoms with Crippen LogP contribution in [-0.2, 0) is 17.5 Å². The number of halogens is 3. The Hall–Kier alpha value is -1.99. The van der Waals surface area contributed by atoms with Crippen LogP contribution in [0.5, 0.6) is 0 Å². The number of hydrogen-bond acceptors (Lipinski definition) is 4. The molecule has 1 aliphatic heterocycles. The van der Waals surface area contributed by atoms with Crippen LogP contribution in [0.25, 0.3) is 0 Å². The van der Waals surface area contributed by atoms with E-state index in [-0.39, 0.29) is 6.10 Å². The van der Waals surface area contributed by atoms with Gasteiger partial charge in [0, 0.05) is 32.0 Å². The summed E-state index contributed by atoms with van der Waals surface area (Å²) in [6.07, 6.45) is -1.08. The molecule has 0 amide bonds. The van der Waals surface area contributed by atoms with E-state index < -0.39 is 11.7 Å². The maximum atomic E-state index is 12.6. The smallest absolute Gasteiger partial charge is 0.371 e. The van der Waals surface area contributed by atoms with Gasteiger partial charge < -0.3 is 4.74 Å². The highest BCUT2D eigenvalue weighted by Gasteiger charge is 2.30. The molecule has 2 aromatic rings. The van der Waals surface area contributed by atoms with Gasteiger partial charge >= 0.3 is 6.18 Å². The molecule has 0 saturated carbocycles. The van der Waals surface area contributed by atoms with Crippen molar-refractivity contribution in [2.45, 2.75) is 25.7 Å². The molecule has 7 heteroatoms. The average Bonchev–Trinajstić information content (AvgIpc) is 2.57. The largest absolute Gasteiger partial charge is 0.416 e. The molecule has 0 radical (unpaired) electrons. The van der Waals surface area contributed by atoms with Crippen molar-refractivity contribution in [2.75, 3.05) is 19.7 Å². The fourth-order valence-corrected chi connectivity index (χ4v) is 2.66. The predicted molar refractivity (Wildman–Crippen MR) is 82.2 cm³/mol. The minimum atomic E-state index is -4.32. The van der Waals surface area contributed by atoms with Crippen LogP contribution < -0.4 is 0 Å². The third-order valence-electron chi connectivity index (χ3n) is 3.98. The molecule has 0 spiro atoms. The number of morpholine rings is 1. The van der Waals surface area contributed by atoms with Crippen LogP contribution >= 0.6 is 0 Å². The second-order valence-corrected chi connectivity index (χ2v) is 5.86. The standard InChI is InChI=1S/C17H18F3N3O/c1-12-8-22-15(9-21-12)10-23-6-7-24-16(11-23)13-2-4-14(5-3-13)17(18,19)20/h2-5,8-9,16H,6-7,10-11H2,1H3/t16-/m1/s1. The number of benzene rings is 1. The van der Waals surface area contributed by atoms with Crippen molar-refractivity contribution < 1.29 is 17.9 Å². The summed E-state index contributed by atoms with van der Waals surface area (Å²) in [6, 6.07) is 5.18. The molecule has 1 saturated heterocycles. The molecule has 1 aromatic heterocycles. The van der Waals surface area contributed by atoms with Crippen molar-refractivity contribution in [3.8, 4) is 0 Å². The topological polar surface area (TPSA) is 38.2 Å². The molecule has 2 heterocycles. The molecule has 24 heavy (non-hydrogen) atoms. The van der Waals surface area contributed by atoms with Crippen LogP contribution in [-0.4, -0.2) is 34.6 Å². The Kier molecular flexibility index (Phi) is 4.82. The van der Waals surface area contributed by atoms with Crippen molar-refractivity contribution in [3.63, 3.8) is 0 Å². The van der Waals surface area contributed by atoms with Gasteiger partial charge in [0.25, 0.3) is 0 Å². The zero-order valence-corrected chi connectivity index (χ0v) is 13.3. The van der Waals surface area contributed by atoms with Crippen LogP contribution in [0.15, 0.2) is 36.7 Å². The van der Waals surface area contributed by atoms with Crippen molar-refractivity contribution in [1.82, 2.24) is 14.9 Å². The SMILES string of the molecule is Cc1cnc(CN2CCO[C@@H](c3ccc(C(F)(F)F)cc3)C2)cn1. The van der Waals surface area contributed by atoms with Gasteiger partial charge in [0.05, 0.1) is 29.7 Å². The molecule has 1 fully saturated rings. The molecule has 4 nitrogen and oxygen atoms in total. The molecular formula is C17H18F3N3O. The summed E-state index contributed by atoms with van der Waals surface area (Å²) in [5.41, 5.74) is 1.84. The van der Waals surface area contributed by atoms with Gasteiger partial charge in [-0.1, -0.05) is 12.1 Å². The predicted octanol–water partition coefficient (Wildman–Crippen LogP) is 3.38. The molecule has 1 aromatic carbocycles. The first kappa shape index (κ1) is 16.9. The number of aryl methyl sites for hydroxylation is 1. The van der Waals surface area contributed by atoms with Crippen molar-refractivity contribution in [2.24, 2.45) is 0 Å². The summed E-state index contributed by atoms with van der Waals surface area (Å²) in [4.78, 5) is 10.7. The van der Waals surface area contributed by atoms with Gasteiger partial charge in [-0.15, -0.1) is 0 Å². The normalized spacial score (nSPS) is 19.4. The highest BCUT2D eigenvalue weighted by Crippen LogP contribution is 2.31. The van der Waals surface area contributed by atoms with Gasteiger partial charge in [-0.05, 0) is 24.6 Å². The van der Waals surface area contributed by atoms with Gasteiger partial charge in [-0.3, -0.25) is 14.9 Å². The maximum Gasteiger partial charge on any atom is 0.416 e. The summed E-state index contributed by atoms with van der Waals surface area (Å²) >= 11 is 0. The first-order valence-electron chi connectivity index (χ1n) is 7.70. The fourth-order valence-electron chi connectivity index (χ4n) is 2.66. The quantitative estimate of drug-likeness (QED) is 0.861. The van der Waals surface area contributed by atoms with Crippen molar-refractivity contribution in [1.29, 1.82) is 0 Å². The number of nitrogens with zero attached hydrogens (tertiary/aromatic N) is 3. The average molecular weight is 337 g/mol. The fraction of sp³-hybridized carbons (Fsp3) is 0.412. The third-order valence-corrected chi connectivity index (χ3v) is 3.98. The molecule has 0 unspecified atom stereocenters. The number of ether oxygens (including phenoxy) is 1. The van der Waals surface area contributed by atoms with Gasteiger partial charge in [-0.2, -0.15) is 13.2 Å². The lowest BCUT2D eigenvalue weighted by Crippen LogP contribution is -2.38. The molecule has 1 aliphatic rings. The Balaban J connectivity index is 1.65. The van der Waals surface area contributed by atoms with Crippen LogP contribution in [0.1, 0.15) is 28.6 Å². The number of alkyl halides is 3. The van der Waals surface area contributed by atoms with E-state index in [1.807, 2.05) is 6.92 Å². The second kappa shape index (κ2) is 6.86. The third kappa shape index (κ3) is 4.10. The Labute approximate surface area is 138 Å². The van der Waals surface area contributed by atoms with E-state index in [1.54, 1.807) is 12.4 Å². The summed E-state index contributed by atoms with van der Waals surface area (Å²) in [5, 5.41) is 0. The highest BCUT2D eigenvalue weighted by molar-refractivity contribution is 5.26. The van der Waals surface area contributed by atoms with Crippen molar-refractivity contribution in [3.05, 3.63) is 59.2 Å². The highest BCUT2D eigenvalue weighted by atomic mass is 19.4.